The molecule has 0 aromatic carbocycles. The smallest absolute Gasteiger partial charge is 0.414 e. The molecule has 0 radical (unpaired) electrons. The lowest BCUT2D eigenvalue weighted by Gasteiger charge is -2.48. The van der Waals surface area contributed by atoms with Crippen molar-refractivity contribution in [3.63, 3.8) is 0 Å². The van der Waals surface area contributed by atoms with Crippen LogP contribution in [0.2, 0.25) is 0 Å². The van der Waals surface area contributed by atoms with Crippen LogP contribution in [0.5, 0.6) is 0 Å². The Morgan fingerprint density at radius 2 is 1.50 bits per heavy atom. The van der Waals surface area contributed by atoms with Crippen molar-refractivity contribution in [2.24, 2.45) is 0 Å². The van der Waals surface area contributed by atoms with Crippen molar-refractivity contribution in [1.29, 1.82) is 0 Å². The third kappa shape index (κ3) is 5.51. The molecule has 0 saturated carbocycles. The second kappa shape index (κ2) is 6.95. The molecule has 3 N–H and O–H groups in total. The molecular formula is C14H24N2O6. The summed E-state index contributed by atoms with van der Waals surface area (Å²) in [7, 11) is 0. The van der Waals surface area contributed by atoms with E-state index in [-0.39, 0.29) is 11.7 Å². The summed E-state index contributed by atoms with van der Waals surface area (Å²) >= 11 is 0. The molecule has 22 heavy (non-hydrogen) atoms. The van der Waals surface area contributed by atoms with Crippen molar-refractivity contribution < 1.29 is 29.3 Å². The molecule has 8 nitrogen and oxygen atoms in total. The molecular weight excluding hydrogens is 292 g/mol. The highest BCUT2D eigenvalue weighted by atomic mass is 16.6. The average molecular weight is 316 g/mol. The van der Waals surface area contributed by atoms with Crippen LogP contribution in [0, 0.1) is 0 Å². The summed E-state index contributed by atoms with van der Waals surface area (Å²) in [5.41, 5.74) is -0.0422. The minimum Gasteiger partial charge on any atom is -0.473 e. The van der Waals surface area contributed by atoms with Gasteiger partial charge in [0.25, 0.3) is 0 Å². The molecule has 2 aliphatic heterocycles. The highest BCUT2D eigenvalue weighted by Gasteiger charge is 2.40. The SMILES string of the molecule is CC(C)(C)OC(=O)N1CCC2(CCN2)CC1.O=C(O)C(=O)O. The van der Waals surface area contributed by atoms with Crippen molar-refractivity contribution in [3.05, 3.63) is 0 Å². The van der Waals surface area contributed by atoms with Crippen molar-refractivity contribution in [1.82, 2.24) is 10.2 Å². The summed E-state index contributed by atoms with van der Waals surface area (Å²) in [6.45, 7) is 8.49. The Balaban J connectivity index is 0.000000346. The zero-order valence-corrected chi connectivity index (χ0v) is 13.2. The summed E-state index contributed by atoms with van der Waals surface area (Å²) in [4.78, 5) is 31.8. The van der Waals surface area contributed by atoms with Crippen LogP contribution in [0.3, 0.4) is 0 Å². The highest BCUT2D eigenvalue weighted by molar-refractivity contribution is 6.27. The molecule has 2 aliphatic rings. The number of hydrogen-bond donors (Lipinski definition) is 3. The van der Waals surface area contributed by atoms with Crippen molar-refractivity contribution >= 4 is 18.0 Å². The van der Waals surface area contributed by atoms with E-state index in [0.29, 0.717) is 5.54 Å². The van der Waals surface area contributed by atoms with Crippen molar-refractivity contribution in [3.8, 4) is 0 Å². The Morgan fingerprint density at radius 3 is 1.77 bits per heavy atom. The van der Waals surface area contributed by atoms with E-state index < -0.39 is 11.9 Å². The molecule has 2 fully saturated rings. The second-order valence-electron chi connectivity index (χ2n) is 6.53. The van der Waals surface area contributed by atoms with Crippen LogP contribution in [-0.2, 0) is 14.3 Å². The minimum absolute atomic E-state index is 0.165. The number of carboxylic acids is 2. The Hall–Kier alpha value is -1.83. The van der Waals surface area contributed by atoms with E-state index in [1.807, 2.05) is 25.7 Å². The largest absolute Gasteiger partial charge is 0.473 e. The molecule has 0 atom stereocenters. The van der Waals surface area contributed by atoms with E-state index in [4.69, 9.17) is 24.5 Å². The normalized spacial score (nSPS) is 19.5. The van der Waals surface area contributed by atoms with Crippen LogP contribution in [0.1, 0.15) is 40.0 Å². The third-order valence-corrected chi connectivity index (χ3v) is 3.66. The van der Waals surface area contributed by atoms with E-state index in [1.54, 1.807) is 0 Å². The van der Waals surface area contributed by atoms with Crippen LogP contribution in [-0.4, -0.2) is 63.9 Å². The summed E-state index contributed by atoms with van der Waals surface area (Å²) in [5, 5.41) is 18.3. The molecule has 1 spiro atoms. The zero-order chi connectivity index (χ0) is 17.0. The number of carboxylic acid groups (broad SMARTS) is 2. The van der Waals surface area contributed by atoms with E-state index >= 15 is 0 Å². The van der Waals surface area contributed by atoms with Crippen LogP contribution >= 0.6 is 0 Å². The van der Waals surface area contributed by atoms with Gasteiger partial charge in [-0.25, -0.2) is 14.4 Å². The number of likely N-dealkylation sites (tertiary alicyclic amines) is 1. The predicted molar refractivity (Wildman–Crippen MR) is 77.7 cm³/mol. The number of carbonyl (C=O) groups is 3. The first-order valence-corrected chi connectivity index (χ1v) is 7.24. The first-order chi connectivity index (χ1) is 10.0. The van der Waals surface area contributed by atoms with Crippen LogP contribution in [0.15, 0.2) is 0 Å². The van der Waals surface area contributed by atoms with Crippen LogP contribution in [0.4, 0.5) is 4.79 Å². The Kier molecular flexibility index (Phi) is 5.76. The molecule has 0 aliphatic carbocycles. The summed E-state index contributed by atoms with van der Waals surface area (Å²) in [5.74, 6) is -3.65. The van der Waals surface area contributed by atoms with Gasteiger partial charge in [0.1, 0.15) is 5.60 Å². The average Bonchev–Trinajstić information content (AvgIpc) is 2.35. The van der Waals surface area contributed by atoms with E-state index in [2.05, 4.69) is 5.32 Å². The first kappa shape index (κ1) is 18.2. The molecule has 0 bridgehead atoms. The zero-order valence-electron chi connectivity index (χ0n) is 13.2. The van der Waals surface area contributed by atoms with Gasteiger partial charge in [-0.3, -0.25) is 0 Å². The number of nitrogens with zero attached hydrogens (tertiary/aromatic N) is 1. The van der Waals surface area contributed by atoms with E-state index in [9.17, 15) is 4.79 Å². The standard InChI is InChI=1S/C12H22N2O2.C2H2O4/c1-11(2,3)16-10(15)14-8-5-12(6-9-14)4-7-13-12;3-1(4)2(5)6/h13H,4-9H2,1-3H3;(H,3,4)(H,5,6). The molecule has 126 valence electrons. The molecule has 8 heteroatoms. The number of carbonyl (C=O) groups excluding carboxylic acids is 1. The molecule has 0 unspecified atom stereocenters. The van der Waals surface area contributed by atoms with Gasteiger partial charge >= 0.3 is 18.0 Å². The maximum absolute atomic E-state index is 11.8. The molecule has 2 saturated heterocycles. The monoisotopic (exact) mass is 316 g/mol. The molecule has 0 aromatic heterocycles. The lowest BCUT2D eigenvalue weighted by molar-refractivity contribution is -0.159. The summed E-state index contributed by atoms with van der Waals surface area (Å²) in [6.07, 6.45) is 3.22. The van der Waals surface area contributed by atoms with Gasteiger partial charge in [-0.1, -0.05) is 0 Å². The van der Waals surface area contributed by atoms with E-state index in [0.717, 1.165) is 32.5 Å². The number of aliphatic carboxylic acids is 2. The second-order valence-corrected chi connectivity index (χ2v) is 6.53. The molecule has 1 amide bonds. The van der Waals surface area contributed by atoms with Crippen LogP contribution in [0.25, 0.3) is 0 Å². The fourth-order valence-electron chi connectivity index (χ4n) is 2.35. The van der Waals surface area contributed by atoms with E-state index in [1.165, 1.54) is 6.42 Å². The molecule has 0 aromatic rings. The number of piperidine rings is 1. The molecule has 2 rings (SSSR count). The number of ether oxygens (including phenoxy) is 1. The van der Waals surface area contributed by atoms with Crippen LogP contribution < -0.4 is 5.32 Å². The van der Waals surface area contributed by atoms with Gasteiger partial charge in [-0.15, -0.1) is 0 Å². The van der Waals surface area contributed by atoms with Crippen molar-refractivity contribution in [2.45, 2.75) is 51.2 Å². The third-order valence-electron chi connectivity index (χ3n) is 3.66. The molecule has 2 heterocycles. The van der Waals surface area contributed by atoms with Gasteiger partial charge in [0, 0.05) is 18.6 Å². The first-order valence-electron chi connectivity index (χ1n) is 7.24. The fraction of sp³-hybridized carbons (Fsp3) is 0.786. The Labute approximate surface area is 129 Å². The lowest BCUT2D eigenvalue weighted by Crippen LogP contribution is -2.62. The number of hydrogen-bond acceptors (Lipinski definition) is 5. The number of rotatable bonds is 0. The highest BCUT2D eigenvalue weighted by Crippen LogP contribution is 2.31. The Bertz CT molecular complexity index is 417. The Morgan fingerprint density at radius 1 is 1.05 bits per heavy atom. The van der Waals surface area contributed by atoms with Gasteiger partial charge in [0.05, 0.1) is 0 Å². The van der Waals surface area contributed by atoms with Gasteiger partial charge < -0.3 is 25.2 Å². The topological polar surface area (TPSA) is 116 Å². The van der Waals surface area contributed by atoms with Gasteiger partial charge in [0.15, 0.2) is 0 Å². The van der Waals surface area contributed by atoms with Gasteiger partial charge in [-0.2, -0.15) is 0 Å². The summed E-state index contributed by atoms with van der Waals surface area (Å²) < 4.78 is 5.36. The number of nitrogens with one attached hydrogen (secondary N) is 1. The maximum Gasteiger partial charge on any atom is 0.414 e. The van der Waals surface area contributed by atoms with Gasteiger partial charge in [0.2, 0.25) is 0 Å². The minimum atomic E-state index is -1.82. The number of amides is 1. The predicted octanol–water partition coefficient (Wildman–Crippen LogP) is 0.905. The lowest BCUT2D eigenvalue weighted by atomic mass is 9.79. The quantitative estimate of drug-likeness (QED) is 0.569. The summed E-state index contributed by atoms with van der Waals surface area (Å²) in [6, 6.07) is 0. The van der Waals surface area contributed by atoms with Gasteiger partial charge in [-0.05, 0) is 46.6 Å². The maximum atomic E-state index is 11.8. The fourth-order valence-corrected chi connectivity index (χ4v) is 2.35. The van der Waals surface area contributed by atoms with Crippen molar-refractivity contribution in [2.75, 3.05) is 19.6 Å².